The maximum absolute atomic E-state index is 12.1. The quantitative estimate of drug-likeness (QED) is 0.0249. The van der Waals surface area contributed by atoms with Crippen LogP contribution in [0.4, 0.5) is 0 Å². The maximum atomic E-state index is 12.1. The third kappa shape index (κ3) is 43.4. The Morgan fingerprint density at radius 2 is 0.516 bits per heavy atom. The molecule has 0 aliphatic carbocycles. The molecule has 0 rings (SSSR count). The average Bonchev–Trinajstić information content (AvgIpc) is 3.18. The third-order valence-electron chi connectivity index (χ3n) is 10.8. The lowest BCUT2D eigenvalue weighted by Gasteiger charge is -2.28. The van der Waals surface area contributed by atoms with Gasteiger partial charge in [-0.25, -0.2) is 9.59 Å². The van der Waals surface area contributed by atoms with Gasteiger partial charge < -0.3 is 37.4 Å². The fourth-order valence-corrected chi connectivity index (χ4v) is 6.84. The van der Waals surface area contributed by atoms with E-state index in [0.29, 0.717) is 61.3 Å². The maximum Gasteiger partial charge on any atom is 0.361 e. The van der Waals surface area contributed by atoms with Crippen molar-refractivity contribution in [1.82, 2.24) is 0 Å². The van der Waals surface area contributed by atoms with E-state index in [0.717, 1.165) is 154 Å². The van der Waals surface area contributed by atoms with Crippen LogP contribution in [-0.2, 0) is 57.2 Å². The van der Waals surface area contributed by atoms with Crippen LogP contribution >= 0.6 is 0 Å². The molecule has 62 heavy (non-hydrogen) atoms. The number of nitrogens with zero attached hydrogens (tertiary/aromatic N) is 2. The number of hydrogen-bond acceptors (Lipinski definition) is 12. The minimum Gasteiger partial charge on any atom is -0.466 e. The van der Waals surface area contributed by atoms with E-state index < -0.39 is 0 Å². The molecule has 0 aromatic heterocycles. The van der Waals surface area contributed by atoms with Gasteiger partial charge in [0.05, 0.1) is 54.6 Å². The molecular weight excluding hydrogens is 797 g/mol. The second-order valence-electron chi connectivity index (χ2n) is 18.2. The van der Waals surface area contributed by atoms with Gasteiger partial charge in [-0.3, -0.25) is 19.2 Å². The van der Waals surface area contributed by atoms with Crippen LogP contribution < -0.4 is 0 Å². The molecule has 362 valence electrons. The van der Waals surface area contributed by atoms with E-state index in [1.165, 1.54) is 13.8 Å². The molecule has 0 radical (unpaired) electrons. The molecule has 0 N–H and O–H groups in total. The lowest BCUT2D eigenvalue weighted by atomic mass is 10.1. The molecule has 0 heterocycles. The zero-order chi connectivity index (χ0) is 46.2. The van der Waals surface area contributed by atoms with Gasteiger partial charge in [0.15, 0.2) is 13.1 Å². The second-order valence-corrected chi connectivity index (χ2v) is 18.2. The van der Waals surface area contributed by atoms with Crippen LogP contribution in [0.3, 0.4) is 0 Å². The summed E-state index contributed by atoms with van der Waals surface area (Å²) in [5.74, 6) is -1.25. The Balaban J connectivity index is 3.43. The van der Waals surface area contributed by atoms with Crippen LogP contribution in [0.1, 0.15) is 181 Å². The monoisotopic (exact) mass is 887 g/mol. The summed E-state index contributed by atoms with van der Waals surface area (Å²) in [6.45, 7) is 6.86. The Morgan fingerprint density at radius 1 is 0.290 bits per heavy atom. The van der Waals surface area contributed by atoms with Crippen molar-refractivity contribution < 1.29 is 66.2 Å². The van der Waals surface area contributed by atoms with Crippen molar-refractivity contribution in [3.8, 4) is 0 Å². The van der Waals surface area contributed by atoms with Crippen molar-refractivity contribution in [3.63, 3.8) is 0 Å². The van der Waals surface area contributed by atoms with Gasteiger partial charge in [0.1, 0.15) is 26.3 Å². The van der Waals surface area contributed by atoms with Gasteiger partial charge in [-0.2, -0.15) is 0 Å². The summed E-state index contributed by atoms with van der Waals surface area (Å²) < 4.78 is 32.3. The lowest BCUT2D eigenvalue weighted by Crippen LogP contribution is -2.46. The molecule has 0 aromatic carbocycles. The Morgan fingerprint density at radius 3 is 0.774 bits per heavy atom. The van der Waals surface area contributed by atoms with Crippen LogP contribution in [0.15, 0.2) is 0 Å². The Bertz CT molecular complexity index is 1100. The highest BCUT2D eigenvalue weighted by Crippen LogP contribution is 2.14. The van der Waals surface area contributed by atoms with Crippen LogP contribution in [-0.4, -0.2) is 139 Å². The molecule has 0 aliphatic rings. The first-order valence-corrected chi connectivity index (χ1v) is 24.1. The predicted molar refractivity (Wildman–Crippen MR) is 241 cm³/mol. The Kier molecular flexibility index (Phi) is 37.3. The van der Waals surface area contributed by atoms with Crippen molar-refractivity contribution in [2.24, 2.45) is 0 Å². The van der Waals surface area contributed by atoms with Crippen molar-refractivity contribution in [3.05, 3.63) is 0 Å². The normalized spacial score (nSPS) is 11.5. The zero-order valence-electron chi connectivity index (χ0n) is 40.2. The first kappa shape index (κ1) is 58.7. The van der Waals surface area contributed by atoms with Crippen molar-refractivity contribution in [1.29, 1.82) is 0 Å². The highest BCUT2D eigenvalue weighted by Gasteiger charge is 2.22. The van der Waals surface area contributed by atoms with Crippen LogP contribution in [0.5, 0.6) is 0 Å². The molecule has 0 spiro atoms. The molecule has 0 aliphatic heterocycles. The fraction of sp³-hybridized carbons (Fsp3) is 0.875. The minimum atomic E-state index is -0.315. The van der Waals surface area contributed by atoms with Crippen LogP contribution in [0.25, 0.3) is 0 Å². The molecule has 0 bridgehead atoms. The molecule has 14 heteroatoms. The largest absolute Gasteiger partial charge is 0.466 e. The number of rotatable bonds is 43. The number of unbranched alkanes of at least 4 members (excludes halogenated alkanes) is 21. The second kappa shape index (κ2) is 39.3. The van der Waals surface area contributed by atoms with E-state index in [1.54, 1.807) is 0 Å². The smallest absolute Gasteiger partial charge is 0.361 e. The molecule has 0 fully saturated rings. The van der Waals surface area contributed by atoms with E-state index in [1.807, 2.05) is 28.2 Å². The van der Waals surface area contributed by atoms with Crippen molar-refractivity contribution in [2.45, 2.75) is 181 Å². The van der Waals surface area contributed by atoms with E-state index >= 15 is 0 Å². The number of esters is 6. The molecule has 14 nitrogen and oxygen atoms in total. The minimum absolute atomic E-state index is 0.0876. The highest BCUT2D eigenvalue weighted by atomic mass is 16.6. The number of likely N-dealkylation sites (N-methyl/N-ethyl adjacent to an activating group) is 2. The third-order valence-corrected chi connectivity index (χ3v) is 10.8. The van der Waals surface area contributed by atoms with Gasteiger partial charge in [-0.05, 0) is 38.5 Å². The molecule has 0 unspecified atom stereocenters. The van der Waals surface area contributed by atoms with E-state index in [2.05, 4.69) is 0 Å². The van der Waals surface area contributed by atoms with Crippen molar-refractivity contribution in [2.75, 3.05) is 94.0 Å². The van der Waals surface area contributed by atoms with Gasteiger partial charge in [-0.1, -0.05) is 116 Å². The molecule has 0 saturated carbocycles. The predicted octanol–water partition coefficient (Wildman–Crippen LogP) is 8.58. The summed E-state index contributed by atoms with van der Waals surface area (Å²) in [5, 5.41) is 0. The summed E-state index contributed by atoms with van der Waals surface area (Å²) in [4.78, 5) is 70.1. The topological polar surface area (TPSA) is 158 Å². The summed E-state index contributed by atoms with van der Waals surface area (Å²) in [5.41, 5.74) is 0. The van der Waals surface area contributed by atoms with Gasteiger partial charge in [0, 0.05) is 26.7 Å². The van der Waals surface area contributed by atoms with Gasteiger partial charge in [0.25, 0.3) is 0 Å². The van der Waals surface area contributed by atoms with Crippen molar-refractivity contribution >= 4 is 35.8 Å². The van der Waals surface area contributed by atoms with Crippen LogP contribution in [0, 0.1) is 0 Å². The number of hydrogen-bond donors (Lipinski definition) is 0. The summed E-state index contributed by atoms with van der Waals surface area (Å²) in [7, 11) is 7.66. The standard InChI is InChI=1S/C48H90N2O12/c1-43(51)57-39-33-49(3,4)41-47(55)61-37-29-23-17-11-9-15-21-27-35-59-45(53)31-25-19-13-7-8-14-20-26-32-46(54)60-36-28-22-16-10-12-18-24-30-38-62-48(56)42-50(5,6)34-40-58-44(2)52/h7-42H2,1-6H3/q+2. The number of carbonyl (C=O) groups is 6. The summed E-state index contributed by atoms with van der Waals surface area (Å²) >= 11 is 0. The molecule has 0 aromatic rings. The van der Waals surface area contributed by atoms with Gasteiger partial charge >= 0.3 is 35.8 Å². The summed E-state index contributed by atoms with van der Waals surface area (Å²) in [6.07, 6.45) is 26.3. The molecule has 0 amide bonds. The van der Waals surface area contributed by atoms with E-state index in [9.17, 15) is 28.8 Å². The molecule has 0 atom stereocenters. The Hall–Kier alpha value is -3.26. The number of ether oxygens (including phenoxy) is 6. The van der Waals surface area contributed by atoms with Gasteiger partial charge in [0.2, 0.25) is 0 Å². The Labute approximate surface area is 375 Å². The lowest BCUT2D eigenvalue weighted by molar-refractivity contribution is -0.883. The first-order valence-electron chi connectivity index (χ1n) is 24.1. The summed E-state index contributed by atoms with van der Waals surface area (Å²) in [6, 6.07) is 0. The van der Waals surface area contributed by atoms with Gasteiger partial charge in [-0.15, -0.1) is 0 Å². The molecular formula is C48H90N2O12+2. The average molecular weight is 887 g/mol. The SMILES string of the molecule is CC(=O)OCC[N+](C)(C)CC(=O)OCCCCCCCCCCOC(=O)CCCCCCCCCCC(=O)OCCCCCCCCCCOC(=O)C[N+](C)(C)CCOC(C)=O. The highest BCUT2D eigenvalue weighted by molar-refractivity contribution is 5.71. The first-order chi connectivity index (χ1) is 29.6. The molecule has 0 saturated heterocycles. The fourth-order valence-electron chi connectivity index (χ4n) is 6.84. The van der Waals surface area contributed by atoms with E-state index in [4.69, 9.17) is 28.4 Å². The zero-order valence-corrected chi connectivity index (χ0v) is 40.2. The van der Waals surface area contributed by atoms with E-state index in [-0.39, 0.29) is 62.1 Å². The number of carbonyl (C=O) groups excluding carboxylic acids is 6. The number of quaternary nitrogens is 2. The van der Waals surface area contributed by atoms with Crippen LogP contribution in [0.2, 0.25) is 0 Å².